The Morgan fingerprint density at radius 3 is 3.05 bits per heavy atom. The summed E-state index contributed by atoms with van der Waals surface area (Å²) in [5, 5.41) is 13.9. The van der Waals surface area contributed by atoms with Gasteiger partial charge in [-0.2, -0.15) is 5.10 Å². The molecule has 2 N–H and O–H groups in total. The molecule has 1 amide bonds. The van der Waals surface area contributed by atoms with Crippen LogP contribution in [0.4, 0.5) is 5.82 Å². The highest BCUT2D eigenvalue weighted by Gasteiger charge is 2.24. The summed E-state index contributed by atoms with van der Waals surface area (Å²) >= 11 is 0. The SMILES string of the molecule is Cc1cc(C2CCCN(CC(=O)Nc3cc(C)on3)C2)n[nH]1. The summed E-state index contributed by atoms with van der Waals surface area (Å²) < 4.78 is 4.94. The largest absolute Gasteiger partial charge is 0.360 e. The van der Waals surface area contributed by atoms with Crippen molar-refractivity contribution in [1.82, 2.24) is 20.3 Å². The monoisotopic (exact) mass is 303 g/mol. The van der Waals surface area contributed by atoms with Gasteiger partial charge in [0.15, 0.2) is 5.82 Å². The van der Waals surface area contributed by atoms with Gasteiger partial charge >= 0.3 is 0 Å². The number of nitrogens with one attached hydrogen (secondary N) is 2. The Hall–Kier alpha value is -2.15. The number of rotatable bonds is 4. The summed E-state index contributed by atoms with van der Waals surface area (Å²) in [4.78, 5) is 14.2. The van der Waals surface area contributed by atoms with Crippen LogP contribution in [0, 0.1) is 13.8 Å². The molecule has 0 saturated carbocycles. The number of hydrogen-bond donors (Lipinski definition) is 2. The molecule has 0 radical (unpaired) electrons. The number of aromatic nitrogens is 3. The number of carbonyl (C=O) groups is 1. The van der Waals surface area contributed by atoms with E-state index in [1.807, 2.05) is 6.92 Å². The van der Waals surface area contributed by atoms with E-state index in [1.165, 1.54) is 0 Å². The Morgan fingerprint density at radius 1 is 1.50 bits per heavy atom. The maximum absolute atomic E-state index is 12.1. The molecule has 0 aromatic carbocycles. The number of hydrogen-bond acceptors (Lipinski definition) is 5. The van der Waals surface area contributed by atoms with Gasteiger partial charge in [-0.05, 0) is 39.3 Å². The van der Waals surface area contributed by atoms with Crippen LogP contribution in [-0.2, 0) is 4.79 Å². The fourth-order valence-corrected chi connectivity index (χ4v) is 2.90. The van der Waals surface area contributed by atoms with E-state index < -0.39 is 0 Å². The van der Waals surface area contributed by atoms with Gasteiger partial charge in [-0.25, -0.2) is 0 Å². The lowest BCUT2D eigenvalue weighted by Crippen LogP contribution is -2.39. The van der Waals surface area contributed by atoms with Crippen molar-refractivity contribution in [3.8, 4) is 0 Å². The molecule has 2 aromatic heterocycles. The Bertz CT molecular complexity index is 648. The molecule has 0 aliphatic carbocycles. The lowest BCUT2D eigenvalue weighted by Gasteiger charge is -2.31. The zero-order valence-electron chi connectivity index (χ0n) is 12.9. The van der Waals surface area contributed by atoms with E-state index in [0.29, 0.717) is 24.0 Å². The first kappa shape index (κ1) is 14.8. The molecule has 22 heavy (non-hydrogen) atoms. The predicted octanol–water partition coefficient (Wildman–Crippen LogP) is 1.83. The van der Waals surface area contributed by atoms with E-state index in [0.717, 1.165) is 37.3 Å². The minimum absolute atomic E-state index is 0.0628. The lowest BCUT2D eigenvalue weighted by atomic mass is 9.94. The van der Waals surface area contributed by atoms with E-state index in [-0.39, 0.29) is 5.91 Å². The fraction of sp³-hybridized carbons (Fsp3) is 0.533. The molecule has 7 heteroatoms. The van der Waals surface area contributed by atoms with E-state index in [1.54, 1.807) is 13.0 Å². The van der Waals surface area contributed by atoms with E-state index in [4.69, 9.17) is 4.52 Å². The summed E-state index contributed by atoms with van der Waals surface area (Å²) in [7, 11) is 0. The number of amides is 1. The molecule has 0 bridgehead atoms. The van der Waals surface area contributed by atoms with Crippen molar-refractivity contribution in [3.63, 3.8) is 0 Å². The van der Waals surface area contributed by atoms with Gasteiger partial charge in [-0.1, -0.05) is 5.16 Å². The Morgan fingerprint density at radius 2 is 2.36 bits per heavy atom. The molecule has 1 saturated heterocycles. The van der Waals surface area contributed by atoms with Gasteiger partial charge in [0.1, 0.15) is 5.76 Å². The summed E-state index contributed by atoms with van der Waals surface area (Å²) in [6.07, 6.45) is 2.19. The summed E-state index contributed by atoms with van der Waals surface area (Å²) in [6, 6.07) is 3.80. The van der Waals surface area contributed by atoms with Crippen molar-refractivity contribution in [1.29, 1.82) is 0 Å². The standard InChI is InChI=1S/C15H21N5O2/c1-10-6-13(18-17-10)12-4-3-5-20(8-12)9-15(21)16-14-7-11(2)22-19-14/h6-7,12H,3-5,8-9H2,1-2H3,(H,17,18)(H,16,19,21). The van der Waals surface area contributed by atoms with Gasteiger partial charge in [0.25, 0.3) is 0 Å². The molecule has 3 heterocycles. The molecule has 3 rings (SSSR count). The Labute approximate surface area is 129 Å². The quantitative estimate of drug-likeness (QED) is 0.900. The molecule has 7 nitrogen and oxygen atoms in total. The van der Waals surface area contributed by atoms with Gasteiger partial charge in [0, 0.05) is 24.2 Å². The van der Waals surface area contributed by atoms with Gasteiger partial charge in [-0.15, -0.1) is 0 Å². The molecule has 118 valence electrons. The van der Waals surface area contributed by atoms with E-state index in [2.05, 4.69) is 31.6 Å². The maximum atomic E-state index is 12.1. The van der Waals surface area contributed by atoms with Crippen LogP contribution >= 0.6 is 0 Å². The third-order valence-corrected chi connectivity index (χ3v) is 3.91. The minimum Gasteiger partial charge on any atom is -0.360 e. The molecule has 1 fully saturated rings. The van der Waals surface area contributed by atoms with E-state index in [9.17, 15) is 4.79 Å². The minimum atomic E-state index is -0.0628. The molecule has 2 aromatic rings. The summed E-state index contributed by atoms with van der Waals surface area (Å²) in [5.41, 5.74) is 2.17. The zero-order valence-corrected chi connectivity index (χ0v) is 12.9. The number of aromatic amines is 1. The van der Waals surface area contributed by atoms with Crippen LogP contribution < -0.4 is 5.32 Å². The van der Waals surface area contributed by atoms with Crippen LogP contribution in [0.15, 0.2) is 16.7 Å². The number of likely N-dealkylation sites (tertiary alicyclic amines) is 1. The predicted molar refractivity (Wildman–Crippen MR) is 81.6 cm³/mol. The van der Waals surface area contributed by atoms with Gasteiger partial charge in [0.2, 0.25) is 5.91 Å². The smallest absolute Gasteiger partial charge is 0.239 e. The fourth-order valence-electron chi connectivity index (χ4n) is 2.90. The van der Waals surface area contributed by atoms with Crippen LogP contribution in [0.25, 0.3) is 0 Å². The topological polar surface area (TPSA) is 87.1 Å². The third-order valence-electron chi connectivity index (χ3n) is 3.91. The van der Waals surface area contributed by atoms with Crippen LogP contribution in [0.3, 0.4) is 0 Å². The van der Waals surface area contributed by atoms with Crippen LogP contribution in [0.5, 0.6) is 0 Å². The molecule has 1 unspecified atom stereocenters. The number of anilines is 1. The van der Waals surface area contributed by atoms with Crippen LogP contribution in [0.2, 0.25) is 0 Å². The molecule has 0 spiro atoms. The molecular formula is C15H21N5O2. The Balaban J connectivity index is 1.54. The highest BCUT2D eigenvalue weighted by molar-refractivity contribution is 5.91. The van der Waals surface area contributed by atoms with Crippen molar-refractivity contribution < 1.29 is 9.32 Å². The second kappa shape index (κ2) is 6.31. The molecule has 1 atom stereocenters. The van der Waals surface area contributed by atoms with Gasteiger partial charge in [0.05, 0.1) is 12.2 Å². The molecule has 1 aliphatic heterocycles. The molecular weight excluding hydrogens is 282 g/mol. The van der Waals surface area contributed by atoms with Crippen LogP contribution in [0.1, 0.15) is 35.9 Å². The number of piperidine rings is 1. The van der Waals surface area contributed by atoms with Gasteiger partial charge < -0.3 is 9.84 Å². The number of aryl methyl sites for hydroxylation is 2. The van der Waals surface area contributed by atoms with Crippen LogP contribution in [-0.4, -0.2) is 45.8 Å². The van der Waals surface area contributed by atoms with Crippen molar-refractivity contribution in [3.05, 3.63) is 29.3 Å². The maximum Gasteiger partial charge on any atom is 0.239 e. The molecule has 1 aliphatic rings. The average Bonchev–Trinajstić information content (AvgIpc) is 3.08. The van der Waals surface area contributed by atoms with E-state index >= 15 is 0 Å². The highest BCUT2D eigenvalue weighted by Crippen LogP contribution is 2.25. The Kier molecular flexibility index (Phi) is 4.24. The summed E-state index contributed by atoms with van der Waals surface area (Å²) in [5.74, 6) is 1.48. The normalized spacial score (nSPS) is 19.3. The number of H-pyrrole nitrogens is 1. The van der Waals surface area contributed by atoms with Crippen molar-refractivity contribution in [2.45, 2.75) is 32.6 Å². The summed E-state index contributed by atoms with van der Waals surface area (Å²) in [6.45, 7) is 5.96. The zero-order chi connectivity index (χ0) is 15.5. The lowest BCUT2D eigenvalue weighted by molar-refractivity contribution is -0.117. The second-order valence-corrected chi connectivity index (χ2v) is 5.92. The first-order valence-corrected chi connectivity index (χ1v) is 7.57. The number of carbonyl (C=O) groups excluding carboxylic acids is 1. The highest BCUT2D eigenvalue weighted by atomic mass is 16.5. The first-order chi connectivity index (χ1) is 10.6. The first-order valence-electron chi connectivity index (χ1n) is 7.57. The van der Waals surface area contributed by atoms with Crippen molar-refractivity contribution in [2.24, 2.45) is 0 Å². The number of nitrogens with zero attached hydrogens (tertiary/aromatic N) is 3. The van der Waals surface area contributed by atoms with Gasteiger partial charge in [-0.3, -0.25) is 14.8 Å². The second-order valence-electron chi connectivity index (χ2n) is 5.92. The third kappa shape index (κ3) is 3.54. The van der Waals surface area contributed by atoms with Crippen molar-refractivity contribution in [2.75, 3.05) is 25.0 Å². The van der Waals surface area contributed by atoms with Crippen molar-refractivity contribution >= 4 is 11.7 Å². The average molecular weight is 303 g/mol.